The van der Waals surface area contributed by atoms with Crippen LogP contribution in [0.25, 0.3) is 11.1 Å². The fourth-order valence-corrected chi connectivity index (χ4v) is 1.79. The van der Waals surface area contributed by atoms with Gasteiger partial charge in [-0.2, -0.15) is 0 Å². The van der Waals surface area contributed by atoms with E-state index in [2.05, 4.69) is 4.98 Å². The summed E-state index contributed by atoms with van der Waals surface area (Å²) in [6.07, 6.45) is 0.823. The lowest BCUT2D eigenvalue weighted by atomic mass is 10.1. The van der Waals surface area contributed by atoms with Crippen molar-refractivity contribution in [1.29, 1.82) is 0 Å². The standard InChI is InChI=1S/C12H10ClNO/c1-8-5-11(12(7-15)14-8)9-3-2-4-10(13)6-9/h2-7,14H,1H3. The molecule has 0 saturated heterocycles. The molecule has 0 spiro atoms. The lowest BCUT2D eigenvalue weighted by Gasteiger charge is -1.99. The van der Waals surface area contributed by atoms with E-state index < -0.39 is 0 Å². The molecule has 0 bridgehead atoms. The van der Waals surface area contributed by atoms with E-state index in [0.29, 0.717) is 10.7 Å². The zero-order chi connectivity index (χ0) is 10.8. The number of aromatic amines is 1. The number of halogens is 1. The minimum Gasteiger partial charge on any atom is -0.356 e. The van der Waals surface area contributed by atoms with Crippen molar-refractivity contribution in [3.8, 4) is 11.1 Å². The first-order valence-corrected chi connectivity index (χ1v) is 4.99. The minimum atomic E-state index is 0.592. The number of hydrogen-bond donors (Lipinski definition) is 1. The van der Waals surface area contributed by atoms with E-state index in [0.717, 1.165) is 23.1 Å². The van der Waals surface area contributed by atoms with Crippen LogP contribution in [0.4, 0.5) is 0 Å². The number of rotatable bonds is 2. The molecule has 2 nitrogen and oxygen atoms in total. The first-order valence-electron chi connectivity index (χ1n) is 4.61. The van der Waals surface area contributed by atoms with E-state index in [1.807, 2.05) is 37.3 Å². The van der Waals surface area contributed by atoms with Crippen LogP contribution in [0.2, 0.25) is 5.02 Å². The van der Waals surface area contributed by atoms with E-state index in [9.17, 15) is 4.79 Å². The molecule has 0 aliphatic carbocycles. The smallest absolute Gasteiger partial charge is 0.166 e. The fourth-order valence-electron chi connectivity index (χ4n) is 1.60. The van der Waals surface area contributed by atoms with E-state index in [1.54, 1.807) is 0 Å². The summed E-state index contributed by atoms with van der Waals surface area (Å²) in [5.74, 6) is 0. The number of nitrogens with one attached hydrogen (secondary N) is 1. The van der Waals surface area contributed by atoms with Crippen LogP contribution in [0.5, 0.6) is 0 Å². The summed E-state index contributed by atoms with van der Waals surface area (Å²) in [5, 5.41) is 0.670. The van der Waals surface area contributed by atoms with Gasteiger partial charge in [-0.3, -0.25) is 4.79 Å². The highest BCUT2D eigenvalue weighted by atomic mass is 35.5. The molecule has 0 amide bonds. The van der Waals surface area contributed by atoms with Crippen molar-refractivity contribution in [2.75, 3.05) is 0 Å². The summed E-state index contributed by atoms with van der Waals surface area (Å²) >= 11 is 5.90. The molecule has 0 saturated carbocycles. The molecule has 0 unspecified atom stereocenters. The van der Waals surface area contributed by atoms with Gasteiger partial charge in [-0.25, -0.2) is 0 Å². The quantitative estimate of drug-likeness (QED) is 0.771. The van der Waals surface area contributed by atoms with Crippen LogP contribution in [-0.2, 0) is 0 Å². The van der Waals surface area contributed by atoms with E-state index >= 15 is 0 Å². The molecule has 0 fully saturated rings. The van der Waals surface area contributed by atoms with Crippen LogP contribution in [-0.4, -0.2) is 11.3 Å². The van der Waals surface area contributed by atoms with E-state index in [1.165, 1.54) is 0 Å². The number of aromatic nitrogens is 1. The van der Waals surface area contributed by atoms with Crippen LogP contribution in [0.3, 0.4) is 0 Å². The maximum absolute atomic E-state index is 10.8. The molecule has 1 aromatic heterocycles. The first-order chi connectivity index (χ1) is 7.20. The molecule has 1 heterocycles. The fraction of sp³-hybridized carbons (Fsp3) is 0.0833. The van der Waals surface area contributed by atoms with Crippen molar-refractivity contribution in [3.63, 3.8) is 0 Å². The topological polar surface area (TPSA) is 32.9 Å². The van der Waals surface area contributed by atoms with Crippen LogP contribution < -0.4 is 0 Å². The number of H-pyrrole nitrogens is 1. The third-order valence-corrected chi connectivity index (χ3v) is 2.47. The second-order valence-corrected chi connectivity index (χ2v) is 3.84. The number of aldehydes is 1. The normalized spacial score (nSPS) is 10.3. The summed E-state index contributed by atoms with van der Waals surface area (Å²) in [6, 6.07) is 9.40. The maximum atomic E-state index is 10.8. The zero-order valence-electron chi connectivity index (χ0n) is 8.25. The van der Waals surface area contributed by atoms with Crippen LogP contribution in [0.15, 0.2) is 30.3 Å². The van der Waals surface area contributed by atoms with Crippen LogP contribution in [0.1, 0.15) is 16.2 Å². The molecule has 15 heavy (non-hydrogen) atoms. The Hall–Kier alpha value is -1.54. The number of carbonyl (C=O) groups excluding carboxylic acids is 1. The average molecular weight is 220 g/mol. The molecular weight excluding hydrogens is 210 g/mol. The van der Waals surface area contributed by atoms with Gasteiger partial charge in [0.15, 0.2) is 6.29 Å². The Balaban J connectivity index is 2.57. The highest BCUT2D eigenvalue weighted by Gasteiger charge is 2.07. The van der Waals surface area contributed by atoms with E-state index in [-0.39, 0.29) is 0 Å². The number of benzene rings is 1. The summed E-state index contributed by atoms with van der Waals surface area (Å²) in [7, 11) is 0. The third-order valence-electron chi connectivity index (χ3n) is 2.24. The number of hydrogen-bond acceptors (Lipinski definition) is 1. The molecule has 2 rings (SSSR count). The highest BCUT2D eigenvalue weighted by molar-refractivity contribution is 6.30. The lowest BCUT2D eigenvalue weighted by Crippen LogP contribution is -1.84. The highest BCUT2D eigenvalue weighted by Crippen LogP contribution is 2.25. The summed E-state index contributed by atoms with van der Waals surface area (Å²) in [5.41, 5.74) is 3.40. The molecular formula is C12H10ClNO. The van der Waals surface area contributed by atoms with Gasteiger partial charge in [0.2, 0.25) is 0 Å². The Morgan fingerprint density at radius 2 is 2.13 bits per heavy atom. The van der Waals surface area contributed by atoms with Crippen molar-refractivity contribution in [2.45, 2.75) is 6.92 Å². The Morgan fingerprint density at radius 1 is 1.33 bits per heavy atom. The Labute approximate surface area is 92.9 Å². The Bertz CT molecular complexity index is 502. The molecule has 3 heteroatoms. The van der Waals surface area contributed by atoms with Crippen molar-refractivity contribution >= 4 is 17.9 Å². The third kappa shape index (κ3) is 1.95. The second-order valence-electron chi connectivity index (χ2n) is 3.41. The predicted octanol–water partition coefficient (Wildman–Crippen LogP) is 3.46. The minimum absolute atomic E-state index is 0.592. The SMILES string of the molecule is Cc1cc(-c2cccc(Cl)c2)c(C=O)[nH]1. The predicted molar refractivity (Wildman–Crippen MR) is 61.4 cm³/mol. The van der Waals surface area contributed by atoms with Gasteiger partial charge in [0, 0.05) is 16.3 Å². The van der Waals surface area contributed by atoms with Gasteiger partial charge >= 0.3 is 0 Å². The molecule has 0 aliphatic rings. The molecule has 0 radical (unpaired) electrons. The average Bonchev–Trinajstić information content (AvgIpc) is 2.59. The van der Waals surface area contributed by atoms with Gasteiger partial charge in [0.1, 0.15) is 0 Å². The van der Waals surface area contributed by atoms with Crippen molar-refractivity contribution in [2.24, 2.45) is 0 Å². The molecule has 0 aliphatic heterocycles. The number of aryl methyl sites for hydroxylation is 1. The van der Waals surface area contributed by atoms with Crippen molar-refractivity contribution in [3.05, 3.63) is 46.7 Å². The molecule has 2 aromatic rings. The lowest BCUT2D eigenvalue weighted by molar-refractivity contribution is 0.112. The van der Waals surface area contributed by atoms with Gasteiger partial charge in [-0.15, -0.1) is 0 Å². The summed E-state index contributed by atoms with van der Waals surface area (Å²) in [6.45, 7) is 1.92. The van der Waals surface area contributed by atoms with Gasteiger partial charge in [0.25, 0.3) is 0 Å². The van der Waals surface area contributed by atoms with Crippen LogP contribution >= 0.6 is 11.6 Å². The van der Waals surface area contributed by atoms with Gasteiger partial charge in [-0.1, -0.05) is 23.7 Å². The zero-order valence-corrected chi connectivity index (χ0v) is 9.01. The Kier molecular flexibility index (Phi) is 2.60. The molecule has 1 aromatic carbocycles. The molecule has 1 N–H and O–H groups in total. The Morgan fingerprint density at radius 3 is 2.80 bits per heavy atom. The van der Waals surface area contributed by atoms with E-state index in [4.69, 9.17) is 11.6 Å². The monoisotopic (exact) mass is 219 g/mol. The number of carbonyl (C=O) groups is 1. The molecule has 76 valence electrons. The van der Waals surface area contributed by atoms with Gasteiger partial charge < -0.3 is 4.98 Å². The van der Waals surface area contributed by atoms with Crippen molar-refractivity contribution < 1.29 is 4.79 Å². The maximum Gasteiger partial charge on any atom is 0.166 e. The molecule has 0 atom stereocenters. The van der Waals surface area contributed by atoms with Gasteiger partial charge in [-0.05, 0) is 30.7 Å². The summed E-state index contributed by atoms with van der Waals surface area (Å²) < 4.78 is 0. The first kappa shape index (κ1) is 9.99. The van der Waals surface area contributed by atoms with Gasteiger partial charge in [0.05, 0.1) is 5.69 Å². The summed E-state index contributed by atoms with van der Waals surface area (Å²) in [4.78, 5) is 13.8. The van der Waals surface area contributed by atoms with Crippen molar-refractivity contribution in [1.82, 2.24) is 4.98 Å². The second kappa shape index (κ2) is 3.91. The largest absolute Gasteiger partial charge is 0.356 e. The van der Waals surface area contributed by atoms with Crippen LogP contribution in [0, 0.1) is 6.92 Å².